The third-order valence-electron chi connectivity index (χ3n) is 2.19. The Balaban J connectivity index is 2.39. The molecule has 0 aromatic heterocycles. The van der Waals surface area contributed by atoms with Crippen LogP contribution in [0.5, 0.6) is 0 Å². The molecule has 0 atom stereocenters. The van der Waals surface area contributed by atoms with Gasteiger partial charge in [0, 0.05) is 0 Å². The lowest BCUT2D eigenvalue weighted by Crippen LogP contribution is -2.45. The first-order valence-electron chi connectivity index (χ1n) is 6.34. The van der Waals surface area contributed by atoms with E-state index >= 15 is 0 Å². The predicted octanol–water partition coefficient (Wildman–Crippen LogP) is 3.31. The average Bonchev–Trinajstić information content (AvgIpc) is 2.23. The maximum Gasteiger partial charge on any atom is 0.311 e. The molecule has 0 unspecified atom stereocenters. The molecule has 0 radical (unpaired) electrons. The molecule has 5 heteroatoms. The Kier molecular flexibility index (Phi) is 5.74. The van der Waals surface area contributed by atoms with Crippen molar-refractivity contribution in [3.8, 4) is 0 Å². The zero-order valence-corrected chi connectivity index (χ0v) is 15.5. The van der Waals surface area contributed by atoms with Crippen molar-refractivity contribution in [1.82, 2.24) is 0 Å². The molecule has 18 heavy (non-hydrogen) atoms. The van der Waals surface area contributed by atoms with Crippen LogP contribution in [0.3, 0.4) is 0 Å². The van der Waals surface area contributed by atoms with Gasteiger partial charge in [0.05, 0.1) is 0 Å². The van der Waals surface area contributed by atoms with Crippen molar-refractivity contribution < 1.29 is 8.23 Å². The molecule has 0 heterocycles. The quantitative estimate of drug-likeness (QED) is 0.750. The first-order valence-corrected chi connectivity index (χ1v) is 14.0. The van der Waals surface area contributed by atoms with Gasteiger partial charge in [0.25, 0.3) is 0 Å². The maximum atomic E-state index is 6.13. The molecule has 0 aliphatic carbocycles. The van der Waals surface area contributed by atoms with Crippen LogP contribution in [0.2, 0.25) is 32.7 Å². The van der Waals surface area contributed by atoms with Gasteiger partial charge >= 0.3 is 8.56 Å². The molecule has 1 aromatic rings. The second kappa shape index (κ2) is 6.63. The monoisotopic (exact) mass is 296 g/mol. The van der Waals surface area contributed by atoms with Gasteiger partial charge in [-0.1, -0.05) is 42.1 Å². The van der Waals surface area contributed by atoms with Crippen LogP contribution in [-0.2, 0) is 8.23 Å². The number of rotatable bonds is 6. The van der Waals surface area contributed by atoms with Gasteiger partial charge < -0.3 is 8.23 Å². The molecule has 0 saturated carbocycles. The number of hydrogen-bond acceptors (Lipinski definition) is 2. The molecule has 0 fully saturated rings. The second-order valence-corrected chi connectivity index (χ2v) is 15.5. The highest BCUT2D eigenvalue weighted by Gasteiger charge is 2.30. The molecule has 0 bridgehead atoms. The van der Waals surface area contributed by atoms with Gasteiger partial charge in [-0.15, -0.1) is 0 Å². The molecule has 0 amide bonds. The summed E-state index contributed by atoms with van der Waals surface area (Å²) in [6.07, 6.45) is 2.14. The van der Waals surface area contributed by atoms with Crippen molar-refractivity contribution >= 4 is 32.7 Å². The van der Waals surface area contributed by atoms with Crippen LogP contribution in [0.1, 0.15) is 5.56 Å². The van der Waals surface area contributed by atoms with Crippen LogP contribution in [0.15, 0.2) is 36.0 Å². The first-order chi connectivity index (χ1) is 8.29. The van der Waals surface area contributed by atoms with E-state index in [0.717, 1.165) is 0 Å². The van der Waals surface area contributed by atoms with Crippen molar-refractivity contribution in [2.24, 2.45) is 0 Å². The Morgan fingerprint density at radius 3 is 2.17 bits per heavy atom. The first kappa shape index (κ1) is 15.6. The minimum Gasteiger partial charge on any atom is -0.438 e. The second-order valence-electron chi connectivity index (χ2n) is 5.74. The van der Waals surface area contributed by atoms with Crippen molar-refractivity contribution in [1.29, 1.82) is 0 Å². The molecule has 1 aromatic carbocycles. The molecule has 0 saturated heterocycles. The molecule has 0 N–H and O–H groups in total. The summed E-state index contributed by atoms with van der Waals surface area (Å²) in [5, 5.41) is 0. The highest BCUT2D eigenvalue weighted by atomic mass is 28.5. The van der Waals surface area contributed by atoms with E-state index in [0.29, 0.717) is 0 Å². The van der Waals surface area contributed by atoms with Gasteiger partial charge in [-0.3, -0.25) is 0 Å². The van der Waals surface area contributed by atoms with E-state index in [1.165, 1.54) is 5.56 Å². The molecule has 1 rings (SSSR count). The summed E-state index contributed by atoms with van der Waals surface area (Å²) in [5.74, 6) is 0. The van der Waals surface area contributed by atoms with E-state index in [4.69, 9.17) is 8.23 Å². The minimum atomic E-state index is -1.90. The summed E-state index contributed by atoms with van der Waals surface area (Å²) in [6.45, 7) is 10.9. The molecule has 2 nitrogen and oxygen atoms in total. The van der Waals surface area contributed by atoms with E-state index in [9.17, 15) is 0 Å². The van der Waals surface area contributed by atoms with Crippen LogP contribution in [0.4, 0.5) is 0 Å². The lowest BCUT2D eigenvalue weighted by molar-refractivity contribution is 0.414. The Bertz CT molecular complexity index is 383. The fraction of sp³-hybridized carbons (Fsp3) is 0.385. The van der Waals surface area contributed by atoms with Gasteiger partial charge in [0.2, 0.25) is 0 Å². The topological polar surface area (TPSA) is 18.5 Å². The molecular weight excluding hydrogens is 272 g/mol. The summed E-state index contributed by atoms with van der Waals surface area (Å²) in [6, 6.07) is 10.3. The van der Waals surface area contributed by atoms with Crippen LogP contribution in [0.25, 0.3) is 6.08 Å². The zero-order valence-electron chi connectivity index (χ0n) is 12.1. The van der Waals surface area contributed by atoms with Gasteiger partial charge in [-0.2, -0.15) is 0 Å². The fourth-order valence-electron chi connectivity index (χ4n) is 1.76. The van der Waals surface area contributed by atoms with Crippen molar-refractivity contribution in [3.63, 3.8) is 0 Å². The van der Waals surface area contributed by atoms with Crippen molar-refractivity contribution in [2.75, 3.05) is 0 Å². The van der Waals surface area contributed by atoms with Gasteiger partial charge in [0.1, 0.15) is 0 Å². The van der Waals surface area contributed by atoms with Gasteiger partial charge in [-0.25, -0.2) is 0 Å². The summed E-state index contributed by atoms with van der Waals surface area (Å²) in [7, 11) is -4.01. The summed E-state index contributed by atoms with van der Waals surface area (Å²) in [5.41, 5.74) is 3.43. The van der Waals surface area contributed by atoms with E-state index in [1.54, 1.807) is 0 Å². The minimum absolute atomic E-state index is 0.627. The highest BCUT2D eigenvalue weighted by Crippen LogP contribution is 2.14. The van der Waals surface area contributed by atoms with Gasteiger partial charge in [0.15, 0.2) is 18.1 Å². The van der Waals surface area contributed by atoms with Crippen LogP contribution >= 0.6 is 0 Å². The van der Waals surface area contributed by atoms with Crippen LogP contribution in [0, 0.1) is 0 Å². The molecule has 100 valence electrons. The standard InChI is InChI=1S/C13H24O2Si3/c1-17(2,3)15-18(4,5)14-16-12-11-13-9-7-6-8-10-13/h6-12H,16H2,1-5H3. The summed E-state index contributed by atoms with van der Waals surface area (Å²) < 4.78 is 12.2. The Morgan fingerprint density at radius 2 is 1.61 bits per heavy atom. The predicted molar refractivity (Wildman–Crippen MR) is 87.0 cm³/mol. The van der Waals surface area contributed by atoms with E-state index < -0.39 is 26.6 Å². The van der Waals surface area contributed by atoms with E-state index in [-0.39, 0.29) is 0 Å². The van der Waals surface area contributed by atoms with Gasteiger partial charge in [-0.05, 0) is 38.3 Å². The van der Waals surface area contributed by atoms with Crippen molar-refractivity contribution in [3.05, 3.63) is 41.6 Å². The third kappa shape index (κ3) is 7.07. The molecule has 0 spiro atoms. The number of benzene rings is 1. The summed E-state index contributed by atoms with van der Waals surface area (Å²) >= 11 is 0. The molecule has 0 aliphatic rings. The lowest BCUT2D eigenvalue weighted by atomic mass is 10.2. The Labute approximate surface area is 115 Å². The zero-order chi connectivity index (χ0) is 13.6. The fourth-order valence-corrected chi connectivity index (χ4v) is 10.8. The highest BCUT2D eigenvalue weighted by molar-refractivity contribution is 6.83. The molecular formula is C13H24O2Si3. The number of hydrogen-bond donors (Lipinski definition) is 0. The SMILES string of the molecule is C[Si](C)(C)O[Si](C)(C)O[SiH2]C=Cc1ccccc1. The van der Waals surface area contributed by atoms with Crippen LogP contribution in [-0.4, -0.2) is 26.6 Å². The maximum absolute atomic E-state index is 6.13. The van der Waals surface area contributed by atoms with Crippen molar-refractivity contribution in [2.45, 2.75) is 32.7 Å². The molecule has 0 aliphatic heterocycles. The lowest BCUT2D eigenvalue weighted by Gasteiger charge is -2.30. The Morgan fingerprint density at radius 1 is 1.00 bits per heavy atom. The average molecular weight is 297 g/mol. The third-order valence-corrected chi connectivity index (χ3v) is 10.5. The van der Waals surface area contributed by atoms with E-state index in [2.05, 4.69) is 68.8 Å². The largest absolute Gasteiger partial charge is 0.438 e. The smallest absolute Gasteiger partial charge is 0.311 e. The normalized spacial score (nSPS) is 13.8. The van der Waals surface area contributed by atoms with E-state index in [1.807, 2.05) is 6.07 Å². The summed E-state index contributed by atoms with van der Waals surface area (Å²) in [4.78, 5) is 0. The van der Waals surface area contributed by atoms with Crippen LogP contribution < -0.4 is 0 Å². The Hall–Kier alpha value is -0.469.